The number of nitrogens with one attached hydrogen (secondary N) is 2. The number of aliphatic hydroxyl groups is 1. The highest BCUT2D eigenvalue weighted by atomic mass is 32.1. The van der Waals surface area contributed by atoms with Gasteiger partial charge in [-0.05, 0) is 107 Å². The van der Waals surface area contributed by atoms with Crippen LogP contribution in [0.15, 0.2) is 77.5 Å². The Hall–Kier alpha value is -6.56. The first kappa shape index (κ1) is 43.0. The van der Waals surface area contributed by atoms with Crippen molar-refractivity contribution in [2.24, 2.45) is 10.2 Å². The fourth-order valence-electron chi connectivity index (χ4n) is 7.37. The average molecular weight is 822 g/mol. The van der Waals surface area contributed by atoms with Crippen molar-refractivity contribution in [2.45, 2.75) is 81.1 Å². The van der Waals surface area contributed by atoms with Crippen LogP contribution in [0.3, 0.4) is 0 Å². The van der Waals surface area contributed by atoms with E-state index in [1.165, 1.54) is 16.3 Å². The number of aryl methyl sites for hydroxylation is 7. The van der Waals surface area contributed by atoms with Crippen molar-refractivity contribution in [1.82, 2.24) is 24.1 Å². The molecule has 308 valence electrons. The largest absolute Gasteiger partial charge is 0.396 e. The Balaban J connectivity index is 1.52. The molecule has 60 heavy (non-hydrogen) atoms. The molecule has 3 heterocycles. The summed E-state index contributed by atoms with van der Waals surface area (Å²) >= 11 is 1.10. The van der Waals surface area contributed by atoms with Gasteiger partial charge in [0.1, 0.15) is 23.1 Å². The van der Waals surface area contributed by atoms with Gasteiger partial charge >= 0.3 is 0 Å². The molecule has 0 unspecified atom stereocenters. The number of nitrogens with zero attached hydrogens (tertiary/aromatic N) is 9. The smallest absolute Gasteiger partial charge is 0.247 e. The van der Waals surface area contributed by atoms with Gasteiger partial charge in [0.25, 0.3) is 0 Å². The van der Waals surface area contributed by atoms with Crippen molar-refractivity contribution in [2.75, 3.05) is 28.7 Å². The number of aromatic nitrogens is 5. The minimum absolute atomic E-state index is 0.0283. The topological polar surface area (TPSA) is 170 Å². The molecule has 6 aromatic rings. The summed E-state index contributed by atoms with van der Waals surface area (Å²) in [7, 11) is 0. The van der Waals surface area contributed by atoms with Crippen LogP contribution >= 0.6 is 11.5 Å². The van der Waals surface area contributed by atoms with Crippen LogP contribution < -0.4 is 15.5 Å². The zero-order valence-corrected chi connectivity index (χ0v) is 36.7. The Labute approximate surface area is 355 Å². The molecule has 0 bridgehead atoms. The van der Waals surface area contributed by atoms with Crippen LogP contribution in [0.2, 0.25) is 0 Å². The van der Waals surface area contributed by atoms with Crippen LogP contribution in [-0.2, 0) is 10.2 Å². The second-order valence-corrected chi connectivity index (χ2v) is 16.8. The fraction of sp³-hybridized carbons (Fsp3) is 0.304. The molecule has 0 aliphatic heterocycles. The maximum atomic E-state index is 12.0. The van der Waals surface area contributed by atoms with E-state index < -0.39 is 5.41 Å². The van der Waals surface area contributed by atoms with Crippen LogP contribution in [0.4, 0.5) is 40.2 Å². The van der Waals surface area contributed by atoms with E-state index in [1.54, 1.807) is 18.2 Å². The van der Waals surface area contributed by atoms with Gasteiger partial charge in [-0.25, -0.2) is 4.98 Å². The highest BCUT2D eigenvalue weighted by molar-refractivity contribution is 7.08. The van der Waals surface area contributed by atoms with E-state index in [0.717, 1.165) is 56.3 Å². The molecular formula is C46H51N11O2S. The quantitative estimate of drug-likeness (QED) is 0.0758. The van der Waals surface area contributed by atoms with Crippen molar-refractivity contribution in [3.8, 4) is 22.6 Å². The molecule has 0 atom stereocenters. The Bertz CT molecular complexity index is 2630. The number of carbonyl (C=O) groups excluding carboxylic acids is 1. The van der Waals surface area contributed by atoms with E-state index >= 15 is 0 Å². The van der Waals surface area contributed by atoms with Crippen LogP contribution in [0, 0.1) is 59.8 Å². The van der Waals surface area contributed by atoms with E-state index in [2.05, 4.69) is 98.4 Å². The summed E-state index contributed by atoms with van der Waals surface area (Å²) in [5.41, 5.74) is 11.3. The minimum Gasteiger partial charge on any atom is -0.396 e. The molecule has 1 amide bonds. The summed E-state index contributed by atoms with van der Waals surface area (Å²) in [5, 5.41) is 41.9. The monoisotopic (exact) mass is 821 g/mol. The normalized spacial score (nSPS) is 11.5. The average Bonchev–Trinajstić information content (AvgIpc) is 3.82. The molecule has 3 aromatic heterocycles. The first-order valence-electron chi connectivity index (χ1n) is 19.7. The molecule has 0 spiro atoms. The second-order valence-electron chi connectivity index (χ2n) is 16.1. The summed E-state index contributed by atoms with van der Waals surface area (Å²) in [6, 6.07) is 20.1. The number of carbonyl (C=O) groups is 1. The molecule has 0 aliphatic rings. The lowest BCUT2D eigenvalue weighted by Crippen LogP contribution is -2.23. The van der Waals surface area contributed by atoms with E-state index in [9.17, 15) is 15.2 Å². The number of hydrogen-bond acceptors (Lipinski definition) is 12. The highest BCUT2D eigenvalue weighted by Gasteiger charge is 2.30. The lowest BCUT2D eigenvalue weighted by atomic mass is 9.90. The lowest BCUT2D eigenvalue weighted by molar-refractivity contribution is -0.111. The summed E-state index contributed by atoms with van der Waals surface area (Å²) in [6.45, 7) is 24.5. The SMILES string of the molecule is C=CC(=O)Nc1cccc(-c2nsc(-n3nc(C(C)(C)C)c(C#N)c3N=Nc3c(C)cc(N(CCCO)c4c(C)cc(C)cc4C)nc3Nc3c(C)cc(C)cc3C)n2)c1. The predicted molar refractivity (Wildman–Crippen MR) is 241 cm³/mol. The number of aliphatic hydroxyl groups excluding tert-OH is 1. The number of pyridine rings is 1. The highest BCUT2D eigenvalue weighted by Crippen LogP contribution is 2.41. The Kier molecular flexibility index (Phi) is 12.7. The van der Waals surface area contributed by atoms with Gasteiger partial charge in [-0.15, -0.1) is 10.2 Å². The Morgan fingerprint density at radius 2 is 1.62 bits per heavy atom. The number of azo groups is 1. The zero-order chi connectivity index (χ0) is 43.5. The molecule has 0 radical (unpaired) electrons. The zero-order valence-electron chi connectivity index (χ0n) is 35.9. The van der Waals surface area contributed by atoms with Gasteiger partial charge in [0.2, 0.25) is 11.0 Å². The van der Waals surface area contributed by atoms with Gasteiger partial charge < -0.3 is 20.6 Å². The maximum absolute atomic E-state index is 12.0. The predicted octanol–water partition coefficient (Wildman–Crippen LogP) is 10.9. The Morgan fingerprint density at radius 3 is 2.23 bits per heavy atom. The molecule has 13 nitrogen and oxygen atoms in total. The summed E-state index contributed by atoms with van der Waals surface area (Å²) in [4.78, 5) is 24.2. The first-order valence-corrected chi connectivity index (χ1v) is 20.5. The van der Waals surface area contributed by atoms with E-state index in [1.807, 2.05) is 39.8 Å². The molecule has 14 heteroatoms. The van der Waals surface area contributed by atoms with Gasteiger partial charge in [-0.2, -0.15) is 24.4 Å². The molecule has 0 saturated carbocycles. The molecule has 0 fully saturated rings. The van der Waals surface area contributed by atoms with Crippen LogP contribution in [-0.4, -0.2) is 48.3 Å². The fourth-order valence-corrected chi connectivity index (χ4v) is 8.02. The third-order valence-corrected chi connectivity index (χ3v) is 10.6. The van der Waals surface area contributed by atoms with Crippen molar-refractivity contribution in [3.05, 3.63) is 117 Å². The molecule has 3 aromatic carbocycles. The second kappa shape index (κ2) is 17.7. The van der Waals surface area contributed by atoms with Gasteiger partial charge in [0.15, 0.2) is 17.5 Å². The van der Waals surface area contributed by atoms with Gasteiger partial charge in [0, 0.05) is 52.7 Å². The minimum atomic E-state index is -0.525. The van der Waals surface area contributed by atoms with Crippen molar-refractivity contribution < 1.29 is 9.90 Å². The van der Waals surface area contributed by atoms with Crippen LogP contribution in [0.1, 0.15) is 77.4 Å². The third-order valence-electron chi connectivity index (χ3n) is 9.91. The number of nitriles is 1. The summed E-state index contributed by atoms with van der Waals surface area (Å²) in [6.07, 6.45) is 1.74. The number of hydrogen-bond donors (Lipinski definition) is 3. The lowest BCUT2D eigenvalue weighted by Gasteiger charge is -2.29. The van der Waals surface area contributed by atoms with Crippen molar-refractivity contribution >= 4 is 57.6 Å². The Morgan fingerprint density at radius 1 is 0.950 bits per heavy atom. The maximum Gasteiger partial charge on any atom is 0.247 e. The standard InChI is InChI=1S/C46H51N11O2S/c1-12-37(59)48-34-16-13-15-33(24-34)42-51-45(60-55-42)57-44(35(25-47)41(54-57)46(9,10)11)53-52-39-30(6)23-36(49-43(39)50-38-28(4)19-26(2)20-29(38)5)56(17-14-18-58)40-31(7)21-27(3)22-32(40)8/h12-13,15-16,19-24,58H,1,14,17-18H2,2-11H3,(H,48,59)(H,49,50). The van der Waals surface area contributed by atoms with E-state index in [-0.39, 0.29) is 23.9 Å². The number of benzene rings is 3. The molecule has 0 saturated heterocycles. The molecule has 6 rings (SSSR count). The van der Waals surface area contributed by atoms with Crippen molar-refractivity contribution in [3.63, 3.8) is 0 Å². The first-order chi connectivity index (χ1) is 28.5. The van der Waals surface area contributed by atoms with Gasteiger partial charge in [-0.1, -0.05) is 74.9 Å². The third kappa shape index (κ3) is 9.17. The van der Waals surface area contributed by atoms with Gasteiger partial charge in [0.05, 0.1) is 5.69 Å². The van der Waals surface area contributed by atoms with E-state index in [4.69, 9.17) is 25.3 Å². The molecule has 0 aliphatic carbocycles. The van der Waals surface area contributed by atoms with Gasteiger partial charge in [-0.3, -0.25) is 4.79 Å². The number of rotatable bonds is 13. The number of amides is 1. The molecular weight excluding hydrogens is 771 g/mol. The van der Waals surface area contributed by atoms with Crippen LogP contribution in [0.5, 0.6) is 0 Å². The number of anilines is 5. The molecule has 3 N–H and O–H groups in total. The van der Waals surface area contributed by atoms with Crippen molar-refractivity contribution in [1.29, 1.82) is 5.26 Å². The van der Waals surface area contributed by atoms with E-state index in [0.29, 0.717) is 58.2 Å². The van der Waals surface area contributed by atoms with Crippen LogP contribution in [0.25, 0.3) is 16.5 Å². The summed E-state index contributed by atoms with van der Waals surface area (Å²) in [5.74, 6) is 1.44. The summed E-state index contributed by atoms with van der Waals surface area (Å²) < 4.78 is 6.14.